The first-order chi connectivity index (χ1) is 11.5. The van der Waals surface area contributed by atoms with Crippen LogP contribution in [0.4, 0.5) is 25.8 Å². The Kier molecular flexibility index (Phi) is 4.88. The number of piperidine rings is 1. The van der Waals surface area contributed by atoms with Crippen molar-refractivity contribution in [3.05, 3.63) is 54.1 Å². The van der Waals surface area contributed by atoms with Crippen molar-refractivity contribution in [2.45, 2.75) is 18.9 Å². The topological polar surface area (TPSA) is 18.5 Å². The molecule has 24 heavy (non-hydrogen) atoms. The summed E-state index contributed by atoms with van der Waals surface area (Å²) in [5, 5.41) is 3.20. The van der Waals surface area contributed by atoms with E-state index in [0.29, 0.717) is 5.69 Å². The number of anilines is 3. The summed E-state index contributed by atoms with van der Waals surface area (Å²) in [6, 6.07) is 12.4. The van der Waals surface area contributed by atoms with Gasteiger partial charge in [-0.1, -0.05) is 0 Å². The standard InChI is InChI=1S/C19H23F2N3/c1-23(2)16-4-6-17(7-5-16)24-11-9-15(10-12-24)22-19-8-3-14(20)13-18(19)21/h3-8,13,15,22H,9-12H2,1-2H3. The van der Waals surface area contributed by atoms with Crippen molar-refractivity contribution in [1.82, 2.24) is 0 Å². The Morgan fingerprint density at radius 2 is 1.67 bits per heavy atom. The van der Waals surface area contributed by atoms with Gasteiger partial charge in [-0.25, -0.2) is 8.78 Å². The van der Waals surface area contributed by atoms with Crippen molar-refractivity contribution in [3.8, 4) is 0 Å². The largest absolute Gasteiger partial charge is 0.380 e. The molecule has 0 unspecified atom stereocenters. The van der Waals surface area contributed by atoms with Crippen molar-refractivity contribution < 1.29 is 8.78 Å². The van der Waals surface area contributed by atoms with Crippen LogP contribution in [0.15, 0.2) is 42.5 Å². The minimum atomic E-state index is -0.547. The van der Waals surface area contributed by atoms with E-state index in [9.17, 15) is 8.78 Å². The van der Waals surface area contributed by atoms with E-state index in [4.69, 9.17) is 0 Å². The molecule has 3 rings (SSSR count). The molecule has 0 atom stereocenters. The predicted molar refractivity (Wildman–Crippen MR) is 96.0 cm³/mol. The molecule has 1 aliphatic heterocycles. The van der Waals surface area contributed by atoms with Gasteiger partial charge in [-0.3, -0.25) is 0 Å². The van der Waals surface area contributed by atoms with Gasteiger partial charge >= 0.3 is 0 Å². The number of hydrogen-bond donors (Lipinski definition) is 1. The third kappa shape index (κ3) is 3.78. The second-order valence-corrected chi connectivity index (χ2v) is 6.44. The first-order valence-corrected chi connectivity index (χ1v) is 8.27. The number of nitrogens with one attached hydrogen (secondary N) is 1. The van der Waals surface area contributed by atoms with Crippen molar-refractivity contribution in [2.75, 3.05) is 42.3 Å². The highest BCUT2D eigenvalue weighted by Gasteiger charge is 2.20. The molecule has 1 aliphatic rings. The molecule has 0 amide bonds. The Morgan fingerprint density at radius 1 is 1.00 bits per heavy atom. The van der Waals surface area contributed by atoms with Gasteiger partial charge in [0.05, 0.1) is 5.69 Å². The molecule has 0 spiro atoms. The smallest absolute Gasteiger partial charge is 0.149 e. The van der Waals surface area contributed by atoms with Crippen molar-refractivity contribution >= 4 is 17.1 Å². The normalized spacial score (nSPS) is 15.4. The molecule has 2 aromatic rings. The summed E-state index contributed by atoms with van der Waals surface area (Å²) >= 11 is 0. The molecule has 0 aliphatic carbocycles. The summed E-state index contributed by atoms with van der Waals surface area (Å²) in [4.78, 5) is 4.43. The molecular weight excluding hydrogens is 308 g/mol. The van der Waals surface area contributed by atoms with Crippen molar-refractivity contribution in [2.24, 2.45) is 0 Å². The van der Waals surface area contributed by atoms with Gasteiger partial charge in [0.1, 0.15) is 11.6 Å². The first-order valence-electron chi connectivity index (χ1n) is 8.27. The van der Waals surface area contributed by atoms with Crippen LogP contribution in [-0.4, -0.2) is 33.2 Å². The van der Waals surface area contributed by atoms with E-state index < -0.39 is 11.6 Å². The van der Waals surface area contributed by atoms with Gasteiger partial charge in [0.25, 0.3) is 0 Å². The van der Waals surface area contributed by atoms with Gasteiger partial charge in [-0.15, -0.1) is 0 Å². The number of rotatable bonds is 4. The van der Waals surface area contributed by atoms with Crippen LogP contribution >= 0.6 is 0 Å². The maximum absolute atomic E-state index is 13.7. The fraction of sp³-hybridized carbons (Fsp3) is 0.368. The molecular formula is C19H23F2N3. The molecule has 0 radical (unpaired) electrons. The van der Waals surface area contributed by atoms with E-state index >= 15 is 0 Å². The molecule has 3 nitrogen and oxygen atoms in total. The highest BCUT2D eigenvalue weighted by Crippen LogP contribution is 2.25. The zero-order valence-electron chi connectivity index (χ0n) is 14.1. The molecule has 2 aromatic carbocycles. The monoisotopic (exact) mass is 331 g/mol. The Morgan fingerprint density at radius 3 is 2.25 bits per heavy atom. The lowest BCUT2D eigenvalue weighted by atomic mass is 10.0. The molecule has 1 saturated heterocycles. The van der Waals surface area contributed by atoms with Gasteiger partial charge in [-0.05, 0) is 49.2 Å². The van der Waals surface area contributed by atoms with Crippen LogP contribution in [-0.2, 0) is 0 Å². The molecule has 1 fully saturated rings. The van der Waals surface area contributed by atoms with Crippen LogP contribution in [0.5, 0.6) is 0 Å². The maximum Gasteiger partial charge on any atom is 0.149 e. The number of benzene rings is 2. The van der Waals surface area contributed by atoms with Crippen LogP contribution in [0.3, 0.4) is 0 Å². The quantitative estimate of drug-likeness (QED) is 0.909. The van der Waals surface area contributed by atoms with Gasteiger partial charge < -0.3 is 15.1 Å². The summed E-state index contributed by atoms with van der Waals surface area (Å²) < 4.78 is 26.7. The first kappa shape index (κ1) is 16.6. The lowest BCUT2D eigenvalue weighted by Crippen LogP contribution is -2.39. The molecule has 1 heterocycles. The van der Waals surface area contributed by atoms with Crippen molar-refractivity contribution in [1.29, 1.82) is 0 Å². The third-order valence-corrected chi connectivity index (χ3v) is 4.52. The van der Waals surface area contributed by atoms with E-state index in [2.05, 4.69) is 39.4 Å². The van der Waals surface area contributed by atoms with E-state index in [-0.39, 0.29) is 6.04 Å². The fourth-order valence-corrected chi connectivity index (χ4v) is 3.07. The second kappa shape index (κ2) is 7.07. The Balaban J connectivity index is 1.57. The van der Waals surface area contributed by atoms with E-state index in [1.807, 2.05) is 14.1 Å². The van der Waals surface area contributed by atoms with Gasteiger partial charge in [0.15, 0.2) is 0 Å². The molecule has 0 bridgehead atoms. The summed E-state index contributed by atoms with van der Waals surface area (Å²) in [6.07, 6.45) is 1.85. The molecule has 0 aromatic heterocycles. The fourth-order valence-electron chi connectivity index (χ4n) is 3.07. The third-order valence-electron chi connectivity index (χ3n) is 4.52. The second-order valence-electron chi connectivity index (χ2n) is 6.44. The maximum atomic E-state index is 13.7. The summed E-state index contributed by atoms with van der Waals surface area (Å²) in [5.74, 6) is -1.08. The van der Waals surface area contributed by atoms with Crippen LogP contribution in [0.2, 0.25) is 0 Å². The Bertz CT molecular complexity index is 678. The van der Waals surface area contributed by atoms with E-state index in [1.165, 1.54) is 23.5 Å². The van der Waals surface area contributed by atoms with Crippen LogP contribution < -0.4 is 15.1 Å². The average molecular weight is 331 g/mol. The highest BCUT2D eigenvalue weighted by atomic mass is 19.1. The molecule has 1 N–H and O–H groups in total. The Labute approximate surface area is 141 Å². The summed E-state index contributed by atoms with van der Waals surface area (Å²) in [7, 11) is 4.06. The minimum Gasteiger partial charge on any atom is -0.380 e. The lowest BCUT2D eigenvalue weighted by Gasteiger charge is -2.34. The van der Waals surface area contributed by atoms with Gasteiger partial charge in [0, 0.05) is 50.7 Å². The van der Waals surface area contributed by atoms with E-state index in [0.717, 1.165) is 32.0 Å². The van der Waals surface area contributed by atoms with Crippen molar-refractivity contribution in [3.63, 3.8) is 0 Å². The molecule has 128 valence electrons. The van der Waals surface area contributed by atoms with E-state index in [1.54, 1.807) is 0 Å². The molecule has 5 heteroatoms. The van der Waals surface area contributed by atoms with Crippen LogP contribution in [0.25, 0.3) is 0 Å². The zero-order valence-corrected chi connectivity index (χ0v) is 14.1. The number of nitrogens with zero attached hydrogens (tertiary/aromatic N) is 2. The zero-order chi connectivity index (χ0) is 17.1. The Hall–Kier alpha value is -2.30. The summed E-state index contributed by atoms with van der Waals surface area (Å²) in [5.41, 5.74) is 2.78. The van der Waals surface area contributed by atoms with Gasteiger partial charge in [-0.2, -0.15) is 0 Å². The summed E-state index contributed by atoms with van der Waals surface area (Å²) in [6.45, 7) is 1.84. The minimum absolute atomic E-state index is 0.210. The van der Waals surface area contributed by atoms with Gasteiger partial charge in [0.2, 0.25) is 0 Å². The van der Waals surface area contributed by atoms with Crippen LogP contribution in [0, 0.1) is 11.6 Å². The van der Waals surface area contributed by atoms with Crippen LogP contribution in [0.1, 0.15) is 12.8 Å². The highest BCUT2D eigenvalue weighted by molar-refractivity contribution is 5.56. The number of hydrogen-bond acceptors (Lipinski definition) is 3. The predicted octanol–water partition coefficient (Wildman–Crippen LogP) is 4.11. The molecule has 0 saturated carbocycles. The number of halogens is 2. The average Bonchev–Trinajstić information content (AvgIpc) is 2.58. The lowest BCUT2D eigenvalue weighted by molar-refractivity contribution is 0.521. The SMILES string of the molecule is CN(C)c1ccc(N2CCC(Nc3ccc(F)cc3F)CC2)cc1.